The average Bonchev–Trinajstić information content (AvgIpc) is 3.46. The minimum absolute atomic E-state index is 0.124. The number of anilines is 2. The molecule has 1 aliphatic rings. The van der Waals surface area contributed by atoms with Crippen LogP contribution in [0.3, 0.4) is 0 Å². The number of ether oxygens (including phenoxy) is 1. The van der Waals surface area contributed by atoms with Crippen molar-refractivity contribution in [2.24, 2.45) is 0 Å². The number of nitrogens with zero attached hydrogens (tertiary/aromatic N) is 3. The van der Waals surface area contributed by atoms with Gasteiger partial charge in [0.25, 0.3) is 0 Å². The molecule has 3 heterocycles. The van der Waals surface area contributed by atoms with E-state index in [1.165, 1.54) is 22.5 Å². The largest absolute Gasteiger partial charge is 0.491 e. The van der Waals surface area contributed by atoms with Crippen LogP contribution in [0, 0.1) is 0 Å². The number of carboxylic acids is 1. The molecule has 44 heavy (non-hydrogen) atoms. The van der Waals surface area contributed by atoms with Crippen LogP contribution in [-0.2, 0) is 19.3 Å². The molecule has 0 saturated carbocycles. The first kappa shape index (κ1) is 29.3. The van der Waals surface area contributed by atoms with E-state index in [2.05, 4.69) is 46.5 Å². The van der Waals surface area contributed by atoms with Gasteiger partial charge in [-0.25, -0.2) is 19.6 Å². The Labute approximate surface area is 260 Å². The number of carboxylic acid groups (broad SMARTS) is 1. The SMILES string of the molecule is CCc1ccc(CCCCOc2ccc(-c3ccc4c(c3)N(C(=O)Nc3nc5ccccc5s3)CCC4)nc2C(=O)O)cc1. The summed E-state index contributed by atoms with van der Waals surface area (Å²) in [4.78, 5) is 36.2. The molecule has 2 aromatic heterocycles. The molecule has 0 fully saturated rings. The Morgan fingerprint density at radius 3 is 2.59 bits per heavy atom. The van der Waals surface area contributed by atoms with Crippen LogP contribution >= 0.6 is 11.3 Å². The van der Waals surface area contributed by atoms with Crippen LogP contribution in [0.1, 0.15) is 53.4 Å². The van der Waals surface area contributed by atoms with Gasteiger partial charge in [-0.3, -0.25) is 10.2 Å². The van der Waals surface area contributed by atoms with Gasteiger partial charge in [-0.1, -0.05) is 66.8 Å². The van der Waals surface area contributed by atoms with E-state index in [1.54, 1.807) is 17.0 Å². The number of nitrogens with one attached hydrogen (secondary N) is 1. The summed E-state index contributed by atoms with van der Waals surface area (Å²) in [7, 11) is 0. The first-order valence-corrected chi connectivity index (χ1v) is 15.8. The van der Waals surface area contributed by atoms with Crippen molar-refractivity contribution >= 4 is 44.4 Å². The number of carbonyl (C=O) groups is 2. The lowest BCUT2D eigenvalue weighted by atomic mass is 9.98. The Morgan fingerprint density at radius 1 is 0.977 bits per heavy atom. The van der Waals surface area contributed by atoms with E-state index in [9.17, 15) is 14.7 Å². The number of pyridine rings is 1. The Morgan fingerprint density at radius 2 is 1.80 bits per heavy atom. The molecule has 0 atom stereocenters. The minimum Gasteiger partial charge on any atom is -0.491 e. The number of carbonyl (C=O) groups excluding carboxylic acids is 1. The van der Waals surface area contributed by atoms with Crippen molar-refractivity contribution in [1.29, 1.82) is 0 Å². The first-order valence-electron chi connectivity index (χ1n) is 15.0. The van der Waals surface area contributed by atoms with E-state index in [1.807, 2.05) is 42.5 Å². The maximum absolute atomic E-state index is 13.4. The maximum atomic E-state index is 13.4. The Hall–Kier alpha value is -4.76. The van der Waals surface area contributed by atoms with Crippen molar-refractivity contribution in [2.45, 2.75) is 45.4 Å². The number of aromatic carboxylic acids is 1. The summed E-state index contributed by atoms with van der Waals surface area (Å²) >= 11 is 1.44. The number of aryl methyl sites for hydroxylation is 3. The lowest BCUT2D eigenvalue weighted by molar-refractivity contribution is 0.0685. The van der Waals surface area contributed by atoms with E-state index in [0.29, 0.717) is 24.0 Å². The molecular formula is C35H34N4O4S. The number of benzene rings is 3. The number of fused-ring (bicyclic) bond motifs is 2. The smallest absolute Gasteiger partial charge is 0.358 e. The Kier molecular flexibility index (Phi) is 8.84. The molecule has 0 unspecified atom stereocenters. The zero-order valence-electron chi connectivity index (χ0n) is 24.6. The topological polar surface area (TPSA) is 105 Å². The molecule has 6 rings (SSSR count). The van der Waals surface area contributed by atoms with Gasteiger partial charge in [0.15, 0.2) is 16.6 Å². The molecule has 0 radical (unpaired) electrons. The van der Waals surface area contributed by atoms with Crippen LogP contribution in [0.25, 0.3) is 21.5 Å². The van der Waals surface area contributed by atoms with Crippen molar-refractivity contribution in [2.75, 3.05) is 23.4 Å². The number of amides is 2. The fourth-order valence-electron chi connectivity index (χ4n) is 5.46. The van der Waals surface area contributed by atoms with Gasteiger partial charge in [0.2, 0.25) is 0 Å². The van der Waals surface area contributed by atoms with Gasteiger partial charge in [-0.2, -0.15) is 0 Å². The normalized spacial score (nSPS) is 12.6. The molecule has 224 valence electrons. The van der Waals surface area contributed by atoms with Crippen molar-refractivity contribution in [3.63, 3.8) is 0 Å². The van der Waals surface area contributed by atoms with Gasteiger partial charge < -0.3 is 9.84 Å². The first-order chi connectivity index (χ1) is 21.5. The van der Waals surface area contributed by atoms with Crippen LogP contribution < -0.4 is 15.0 Å². The van der Waals surface area contributed by atoms with Gasteiger partial charge in [-0.15, -0.1) is 0 Å². The van der Waals surface area contributed by atoms with Crippen LogP contribution in [0.2, 0.25) is 0 Å². The summed E-state index contributed by atoms with van der Waals surface area (Å²) in [6, 6.07) is 25.5. The van der Waals surface area contributed by atoms with E-state index in [4.69, 9.17) is 4.74 Å². The molecule has 0 spiro atoms. The molecule has 2 amide bonds. The molecule has 1 aliphatic heterocycles. The highest BCUT2D eigenvalue weighted by atomic mass is 32.1. The third kappa shape index (κ3) is 6.58. The van der Waals surface area contributed by atoms with Crippen molar-refractivity contribution in [3.05, 3.63) is 101 Å². The zero-order valence-corrected chi connectivity index (χ0v) is 25.4. The molecule has 2 N–H and O–H groups in total. The Bertz CT molecular complexity index is 1770. The summed E-state index contributed by atoms with van der Waals surface area (Å²) in [5.74, 6) is -0.893. The van der Waals surface area contributed by atoms with Gasteiger partial charge in [0.1, 0.15) is 0 Å². The second-order valence-corrected chi connectivity index (χ2v) is 11.9. The number of urea groups is 1. The third-order valence-corrected chi connectivity index (χ3v) is 8.81. The number of unbranched alkanes of at least 4 members (excludes halogenated alkanes) is 1. The number of hydrogen-bond donors (Lipinski definition) is 2. The summed E-state index contributed by atoms with van der Waals surface area (Å²) in [5, 5.41) is 13.4. The maximum Gasteiger partial charge on any atom is 0.358 e. The number of thiazole rings is 1. The summed E-state index contributed by atoms with van der Waals surface area (Å²) < 4.78 is 6.88. The van der Waals surface area contributed by atoms with Crippen LogP contribution in [0.4, 0.5) is 15.6 Å². The number of para-hydroxylation sites is 1. The number of hydrogen-bond acceptors (Lipinski definition) is 6. The van der Waals surface area contributed by atoms with Crippen molar-refractivity contribution in [3.8, 4) is 17.0 Å². The molecule has 8 nitrogen and oxygen atoms in total. The number of rotatable bonds is 10. The second kappa shape index (κ2) is 13.3. The lowest BCUT2D eigenvalue weighted by Crippen LogP contribution is -2.38. The molecular weight excluding hydrogens is 572 g/mol. The summed E-state index contributed by atoms with van der Waals surface area (Å²) in [6.45, 7) is 3.12. The van der Waals surface area contributed by atoms with Gasteiger partial charge in [0, 0.05) is 17.8 Å². The highest BCUT2D eigenvalue weighted by Crippen LogP contribution is 2.34. The van der Waals surface area contributed by atoms with Gasteiger partial charge in [-0.05, 0) is 85.5 Å². The molecule has 0 saturated heterocycles. The molecule has 0 aliphatic carbocycles. The zero-order chi connectivity index (χ0) is 30.5. The highest BCUT2D eigenvalue weighted by Gasteiger charge is 2.25. The predicted molar refractivity (Wildman–Crippen MR) is 175 cm³/mol. The summed E-state index contributed by atoms with van der Waals surface area (Å²) in [5.41, 5.74) is 6.41. The lowest BCUT2D eigenvalue weighted by Gasteiger charge is -2.29. The van der Waals surface area contributed by atoms with Crippen molar-refractivity contribution < 1.29 is 19.4 Å². The monoisotopic (exact) mass is 606 g/mol. The van der Waals surface area contributed by atoms with Crippen LogP contribution in [-0.4, -0.2) is 40.2 Å². The van der Waals surface area contributed by atoms with Gasteiger partial charge >= 0.3 is 12.0 Å². The fourth-order valence-corrected chi connectivity index (χ4v) is 6.32. The fraction of sp³-hybridized carbons (Fsp3) is 0.257. The quantitative estimate of drug-likeness (QED) is 0.156. The third-order valence-electron chi connectivity index (χ3n) is 7.86. The number of aromatic nitrogens is 2. The molecule has 9 heteroatoms. The minimum atomic E-state index is -1.15. The highest BCUT2D eigenvalue weighted by molar-refractivity contribution is 7.22. The molecule has 5 aromatic rings. The predicted octanol–water partition coefficient (Wildman–Crippen LogP) is 8.01. The standard InChI is InChI=1S/C35H34N4O4S/c1-2-23-12-14-24(15-13-23)8-5-6-21-43-30-19-18-27(36-32(30)33(40)41)26-17-16-25-9-7-20-39(29(25)22-26)35(42)38-34-37-28-10-3-4-11-31(28)44-34/h3-4,10-19,22H,2,5-9,20-21H2,1H3,(H,40,41)(H,37,38,42). The van der Waals surface area contributed by atoms with Crippen LogP contribution in [0.15, 0.2) is 78.9 Å². The van der Waals surface area contributed by atoms with Gasteiger partial charge in [0.05, 0.1) is 22.5 Å². The average molecular weight is 607 g/mol. The van der Waals surface area contributed by atoms with E-state index < -0.39 is 5.97 Å². The van der Waals surface area contributed by atoms with Crippen molar-refractivity contribution in [1.82, 2.24) is 9.97 Å². The molecule has 3 aromatic carbocycles. The van der Waals surface area contributed by atoms with E-state index >= 15 is 0 Å². The van der Waals surface area contributed by atoms with E-state index in [0.717, 1.165) is 65.6 Å². The summed E-state index contributed by atoms with van der Waals surface area (Å²) in [6.07, 6.45) is 5.42. The van der Waals surface area contributed by atoms with E-state index in [-0.39, 0.29) is 17.5 Å². The molecule has 0 bridgehead atoms. The Balaban J connectivity index is 1.13. The second-order valence-electron chi connectivity index (χ2n) is 10.8. The van der Waals surface area contributed by atoms with Crippen LogP contribution in [0.5, 0.6) is 5.75 Å².